The van der Waals surface area contributed by atoms with Crippen LogP contribution in [0.2, 0.25) is 0 Å². The summed E-state index contributed by atoms with van der Waals surface area (Å²) in [6.45, 7) is 3.71. The van der Waals surface area contributed by atoms with Gasteiger partial charge in [-0.25, -0.2) is 4.39 Å². The lowest BCUT2D eigenvalue weighted by Crippen LogP contribution is -2.36. The summed E-state index contributed by atoms with van der Waals surface area (Å²) in [5.41, 5.74) is 0.852. The van der Waals surface area contributed by atoms with Gasteiger partial charge in [0.25, 0.3) is 0 Å². The van der Waals surface area contributed by atoms with Gasteiger partial charge < -0.3 is 10.0 Å². The van der Waals surface area contributed by atoms with Crippen LogP contribution < -0.4 is 0 Å². The quantitative estimate of drug-likeness (QED) is 0.775. The Morgan fingerprint density at radius 1 is 1.25 bits per heavy atom. The van der Waals surface area contributed by atoms with Crippen molar-refractivity contribution in [3.63, 3.8) is 0 Å². The van der Waals surface area contributed by atoms with Crippen LogP contribution in [0.4, 0.5) is 4.39 Å². The smallest absolute Gasteiger partial charge is 0.126 e. The first-order valence-electron chi connectivity index (χ1n) is 7.86. The molecule has 0 bridgehead atoms. The zero-order valence-corrected chi connectivity index (χ0v) is 12.2. The van der Waals surface area contributed by atoms with Crippen LogP contribution in [-0.4, -0.2) is 36.2 Å². The number of nitrogens with zero attached hydrogens (tertiary/aromatic N) is 1. The van der Waals surface area contributed by atoms with E-state index in [1.54, 1.807) is 12.1 Å². The Labute approximate surface area is 121 Å². The van der Waals surface area contributed by atoms with Gasteiger partial charge in [0.05, 0.1) is 0 Å². The second-order valence-electron chi connectivity index (χ2n) is 5.87. The highest BCUT2D eigenvalue weighted by Crippen LogP contribution is 2.22. The molecule has 2 rings (SSSR count). The first-order valence-corrected chi connectivity index (χ1v) is 7.86. The molecule has 112 valence electrons. The van der Waals surface area contributed by atoms with E-state index < -0.39 is 0 Å². The summed E-state index contributed by atoms with van der Waals surface area (Å²) in [5.74, 6) is 0.626. The number of piperidine rings is 1. The number of unbranched alkanes of at least 4 members (excludes halogenated alkanes) is 1. The lowest BCUT2D eigenvalue weighted by atomic mass is 9.91. The molecule has 1 saturated heterocycles. The number of hydrogen-bond donors (Lipinski definition) is 1. The molecule has 1 fully saturated rings. The molecule has 0 spiro atoms. The fourth-order valence-electron chi connectivity index (χ4n) is 3.10. The van der Waals surface area contributed by atoms with E-state index in [1.165, 1.54) is 19.4 Å². The number of rotatable bonds is 7. The van der Waals surface area contributed by atoms with Crippen molar-refractivity contribution in [2.24, 2.45) is 5.92 Å². The van der Waals surface area contributed by atoms with E-state index in [9.17, 15) is 4.39 Å². The fraction of sp³-hybridized carbons (Fsp3) is 0.647. The number of aryl methyl sites for hydroxylation is 1. The third-order valence-corrected chi connectivity index (χ3v) is 4.27. The van der Waals surface area contributed by atoms with Crippen molar-refractivity contribution in [1.29, 1.82) is 0 Å². The molecule has 1 aliphatic heterocycles. The predicted octanol–water partition coefficient (Wildman–Crippen LogP) is 3.24. The molecule has 1 aliphatic rings. The second kappa shape index (κ2) is 8.38. The van der Waals surface area contributed by atoms with E-state index >= 15 is 0 Å². The Kier molecular flexibility index (Phi) is 6.48. The maximum Gasteiger partial charge on any atom is 0.126 e. The Morgan fingerprint density at radius 2 is 2.10 bits per heavy atom. The maximum absolute atomic E-state index is 13.6. The highest BCUT2D eigenvalue weighted by Gasteiger charge is 2.19. The van der Waals surface area contributed by atoms with E-state index in [1.807, 2.05) is 12.1 Å². The topological polar surface area (TPSA) is 23.5 Å². The number of aliphatic hydroxyl groups is 1. The van der Waals surface area contributed by atoms with Gasteiger partial charge in [0.15, 0.2) is 0 Å². The maximum atomic E-state index is 13.6. The minimum Gasteiger partial charge on any atom is -0.396 e. The van der Waals surface area contributed by atoms with E-state index in [-0.39, 0.29) is 5.82 Å². The van der Waals surface area contributed by atoms with Gasteiger partial charge in [-0.3, -0.25) is 0 Å². The summed E-state index contributed by atoms with van der Waals surface area (Å²) in [4.78, 5) is 2.51. The number of aliphatic hydroxyl groups excluding tert-OH is 1. The molecule has 0 aliphatic carbocycles. The number of hydrogen-bond acceptors (Lipinski definition) is 2. The number of benzene rings is 1. The van der Waals surface area contributed by atoms with Gasteiger partial charge in [0.2, 0.25) is 0 Å². The van der Waals surface area contributed by atoms with Gasteiger partial charge in [-0.1, -0.05) is 18.2 Å². The second-order valence-corrected chi connectivity index (χ2v) is 5.87. The summed E-state index contributed by atoms with van der Waals surface area (Å²) in [5, 5.41) is 8.83. The summed E-state index contributed by atoms with van der Waals surface area (Å²) in [6.07, 6.45) is 6.43. The fourth-order valence-corrected chi connectivity index (χ4v) is 3.10. The summed E-state index contributed by atoms with van der Waals surface area (Å²) in [6, 6.07) is 7.12. The molecule has 0 saturated carbocycles. The zero-order valence-electron chi connectivity index (χ0n) is 12.2. The Bertz CT molecular complexity index is 396. The van der Waals surface area contributed by atoms with Gasteiger partial charge >= 0.3 is 0 Å². The summed E-state index contributed by atoms with van der Waals surface area (Å²) in [7, 11) is 0. The van der Waals surface area contributed by atoms with Crippen LogP contribution in [0.3, 0.4) is 0 Å². The lowest BCUT2D eigenvalue weighted by molar-refractivity contribution is 0.161. The van der Waals surface area contributed by atoms with Gasteiger partial charge in [0, 0.05) is 13.2 Å². The van der Waals surface area contributed by atoms with Crippen LogP contribution in [-0.2, 0) is 6.42 Å². The largest absolute Gasteiger partial charge is 0.396 e. The molecule has 20 heavy (non-hydrogen) atoms. The Hall–Kier alpha value is -0.930. The van der Waals surface area contributed by atoms with Crippen LogP contribution in [0, 0.1) is 11.7 Å². The molecular weight excluding hydrogens is 253 g/mol. The molecular formula is C17H26FNO. The SMILES string of the molecule is OCCCCN1CCC[C@@H](CCc2ccccc2F)C1. The van der Waals surface area contributed by atoms with E-state index in [4.69, 9.17) is 5.11 Å². The summed E-state index contributed by atoms with van der Waals surface area (Å²) >= 11 is 0. The zero-order chi connectivity index (χ0) is 14.2. The Balaban J connectivity index is 1.74. The van der Waals surface area contributed by atoms with Crippen LogP contribution in [0.15, 0.2) is 24.3 Å². The summed E-state index contributed by atoms with van der Waals surface area (Å²) < 4.78 is 13.6. The minimum absolute atomic E-state index is 0.0666. The van der Waals surface area contributed by atoms with Crippen molar-refractivity contribution in [3.05, 3.63) is 35.6 Å². The first kappa shape index (κ1) is 15.5. The van der Waals surface area contributed by atoms with Gasteiger partial charge in [0.1, 0.15) is 5.82 Å². The highest BCUT2D eigenvalue weighted by atomic mass is 19.1. The van der Waals surface area contributed by atoms with Crippen molar-refractivity contribution in [1.82, 2.24) is 4.90 Å². The first-order chi connectivity index (χ1) is 9.79. The van der Waals surface area contributed by atoms with Crippen molar-refractivity contribution in [3.8, 4) is 0 Å². The van der Waals surface area contributed by atoms with Crippen molar-refractivity contribution >= 4 is 0 Å². The van der Waals surface area contributed by atoms with E-state index in [2.05, 4.69) is 4.90 Å². The third-order valence-electron chi connectivity index (χ3n) is 4.27. The number of halogens is 1. The molecule has 0 unspecified atom stereocenters. The minimum atomic E-state index is -0.0666. The van der Waals surface area contributed by atoms with Crippen molar-refractivity contribution < 1.29 is 9.50 Å². The van der Waals surface area contributed by atoms with Crippen LogP contribution >= 0.6 is 0 Å². The van der Waals surface area contributed by atoms with Gasteiger partial charge in [-0.15, -0.1) is 0 Å². The molecule has 1 aromatic carbocycles. The van der Waals surface area contributed by atoms with E-state index in [0.29, 0.717) is 12.5 Å². The van der Waals surface area contributed by atoms with E-state index in [0.717, 1.165) is 44.3 Å². The highest BCUT2D eigenvalue weighted by molar-refractivity contribution is 5.17. The molecule has 0 aromatic heterocycles. The lowest BCUT2D eigenvalue weighted by Gasteiger charge is -2.32. The molecule has 1 heterocycles. The molecule has 0 amide bonds. The van der Waals surface area contributed by atoms with Crippen LogP contribution in [0.5, 0.6) is 0 Å². The van der Waals surface area contributed by atoms with Crippen molar-refractivity contribution in [2.75, 3.05) is 26.2 Å². The van der Waals surface area contributed by atoms with Gasteiger partial charge in [-0.2, -0.15) is 0 Å². The molecule has 1 atom stereocenters. The monoisotopic (exact) mass is 279 g/mol. The van der Waals surface area contributed by atoms with Gasteiger partial charge in [-0.05, 0) is 69.2 Å². The molecule has 1 N–H and O–H groups in total. The van der Waals surface area contributed by atoms with Crippen LogP contribution in [0.25, 0.3) is 0 Å². The normalized spacial score (nSPS) is 20.2. The molecule has 3 heteroatoms. The molecule has 0 radical (unpaired) electrons. The number of likely N-dealkylation sites (tertiary alicyclic amines) is 1. The molecule has 2 nitrogen and oxygen atoms in total. The third kappa shape index (κ3) is 4.88. The Morgan fingerprint density at radius 3 is 2.90 bits per heavy atom. The standard InChI is InChI=1S/C17H26FNO/c18-17-8-2-1-7-16(17)10-9-15-6-5-12-19(14-15)11-3-4-13-20/h1-2,7-8,15,20H,3-6,9-14H2/t15-/m0/s1. The average molecular weight is 279 g/mol. The van der Waals surface area contributed by atoms with Crippen molar-refractivity contribution in [2.45, 2.75) is 38.5 Å². The molecule has 1 aromatic rings. The van der Waals surface area contributed by atoms with Crippen LogP contribution in [0.1, 0.15) is 37.7 Å². The predicted molar refractivity (Wildman–Crippen MR) is 80.2 cm³/mol. The average Bonchev–Trinajstić information content (AvgIpc) is 2.47.